The molecule has 0 aliphatic carbocycles. The van der Waals surface area contributed by atoms with Crippen molar-refractivity contribution in [3.63, 3.8) is 0 Å². The zero-order valence-electron chi connectivity index (χ0n) is 5.80. The summed E-state index contributed by atoms with van der Waals surface area (Å²) in [6.07, 6.45) is 0.921. The maximum atomic E-state index is 12.5. The molecular weight excluding hydrogens is 173 g/mol. The van der Waals surface area contributed by atoms with Gasteiger partial charge < -0.3 is 10.5 Å². The second-order valence-electron chi connectivity index (χ2n) is 1.92. The lowest BCUT2D eigenvalue weighted by atomic mass is 10.4. The molecule has 1 heterocycles. The second kappa shape index (κ2) is 3.29. The average Bonchev–Trinajstić information content (AvgIpc) is 1.96. The molecule has 1 rings (SSSR count). The number of anilines is 1. The standard InChI is InChI=1S/C6H5F3N2O/c7-4-1-3(12-6(8)9)2-11-5(4)10/h1-2,6H,(H2,10,11). The first-order valence-corrected chi connectivity index (χ1v) is 2.95. The van der Waals surface area contributed by atoms with Crippen molar-refractivity contribution in [2.45, 2.75) is 6.61 Å². The Morgan fingerprint density at radius 1 is 1.50 bits per heavy atom. The number of rotatable bonds is 2. The summed E-state index contributed by atoms with van der Waals surface area (Å²) in [6, 6.07) is 0.745. The van der Waals surface area contributed by atoms with Crippen molar-refractivity contribution in [3.05, 3.63) is 18.1 Å². The molecule has 12 heavy (non-hydrogen) atoms. The zero-order valence-corrected chi connectivity index (χ0v) is 5.80. The molecule has 0 bridgehead atoms. The number of alkyl halides is 2. The third kappa shape index (κ3) is 2.01. The lowest BCUT2D eigenvalue weighted by Crippen LogP contribution is -2.03. The highest BCUT2D eigenvalue weighted by atomic mass is 19.3. The van der Waals surface area contributed by atoms with Crippen LogP contribution in [0.15, 0.2) is 12.3 Å². The van der Waals surface area contributed by atoms with Gasteiger partial charge in [-0.25, -0.2) is 9.37 Å². The van der Waals surface area contributed by atoms with Gasteiger partial charge in [0, 0.05) is 6.07 Å². The number of halogens is 3. The minimum Gasteiger partial charge on any atom is -0.433 e. The van der Waals surface area contributed by atoms with E-state index in [0.717, 1.165) is 12.3 Å². The Morgan fingerprint density at radius 2 is 2.17 bits per heavy atom. The first-order valence-electron chi connectivity index (χ1n) is 2.95. The summed E-state index contributed by atoms with van der Waals surface area (Å²) in [5.41, 5.74) is 4.99. The van der Waals surface area contributed by atoms with Gasteiger partial charge in [-0.15, -0.1) is 0 Å². The van der Waals surface area contributed by atoms with Crippen LogP contribution in [0.4, 0.5) is 19.0 Å². The van der Waals surface area contributed by atoms with E-state index in [2.05, 4.69) is 9.72 Å². The summed E-state index contributed by atoms with van der Waals surface area (Å²) in [5.74, 6) is -1.58. The van der Waals surface area contributed by atoms with E-state index in [-0.39, 0.29) is 11.6 Å². The van der Waals surface area contributed by atoms with Crippen molar-refractivity contribution in [3.8, 4) is 5.75 Å². The number of hydrogen-bond donors (Lipinski definition) is 1. The summed E-state index contributed by atoms with van der Waals surface area (Å²) in [5, 5.41) is 0. The Labute approximate surface area is 66.0 Å². The number of nitrogens with zero attached hydrogens (tertiary/aromatic N) is 1. The van der Waals surface area contributed by atoms with E-state index < -0.39 is 12.4 Å². The van der Waals surface area contributed by atoms with E-state index in [1.54, 1.807) is 0 Å². The van der Waals surface area contributed by atoms with Crippen LogP contribution in [0.1, 0.15) is 0 Å². The summed E-state index contributed by atoms with van der Waals surface area (Å²) in [7, 11) is 0. The van der Waals surface area contributed by atoms with Crippen LogP contribution in [0.5, 0.6) is 5.75 Å². The molecule has 0 fully saturated rings. The molecule has 0 radical (unpaired) electrons. The summed E-state index contributed by atoms with van der Waals surface area (Å²) in [4.78, 5) is 3.28. The minimum absolute atomic E-state index is 0.350. The molecule has 2 N–H and O–H groups in total. The van der Waals surface area contributed by atoms with Crippen molar-refractivity contribution in [2.24, 2.45) is 0 Å². The van der Waals surface area contributed by atoms with Gasteiger partial charge in [-0.3, -0.25) is 0 Å². The average molecular weight is 178 g/mol. The van der Waals surface area contributed by atoms with Crippen molar-refractivity contribution in [1.29, 1.82) is 0 Å². The van der Waals surface area contributed by atoms with Crippen molar-refractivity contribution in [1.82, 2.24) is 4.98 Å². The number of aromatic nitrogens is 1. The van der Waals surface area contributed by atoms with E-state index in [9.17, 15) is 13.2 Å². The Kier molecular flexibility index (Phi) is 2.37. The SMILES string of the molecule is Nc1ncc(OC(F)F)cc1F. The van der Waals surface area contributed by atoms with Crippen molar-refractivity contribution < 1.29 is 17.9 Å². The highest BCUT2D eigenvalue weighted by Crippen LogP contribution is 2.16. The first kappa shape index (κ1) is 8.63. The molecule has 66 valence electrons. The predicted molar refractivity (Wildman–Crippen MR) is 35.2 cm³/mol. The van der Waals surface area contributed by atoms with Gasteiger partial charge in [-0.1, -0.05) is 0 Å². The molecular formula is C6H5F3N2O. The van der Waals surface area contributed by atoms with Crippen LogP contribution in [0, 0.1) is 5.82 Å². The molecule has 6 heteroatoms. The Hall–Kier alpha value is -1.46. The fourth-order valence-electron chi connectivity index (χ4n) is 0.598. The highest BCUT2D eigenvalue weighted by Gasteiger charge is 2.07. The van der Waals surface area contributed by atoms with E-state index in [0.29, 0.717) is 0 Å². The van der Waals surface area contributed by atoms with Crippen LogP contribution in [0.2, 0.25) is 0 Å². The van der Waals surface area contributed by atoms with Gasteiger partial charge in [0.1, 0.15) is 5.75 Å². The molecule has 0 atom stereocenters. The van der Waals surface area contributed by atoms with E-state index in [1.807, 2.05) is 0 Å². The van der Waals surface area contributed by atoms with Crippen LogP contribution in [-0.2, 0) is 0 Å². The molecule has 0 aliphatic heterocycles. The third-order valence-corrected chi connectivity index (χ3v) is 1.07. The Morgan fingerprint density at radius 3 is 2.67 bits per heavy atom. The van der Waals surface area contributed by atoms with Gasteiger partial charge in [-0.05, 0) is 0 Å². The van der Waals surface area contributed by atoms with Gasteiger partial charge in [0.25, 0.3) is 0 Å². The first-order chi connectivity index (χ1) is 5.59. The monoisotopic (exact) mass is 178 g/mol. The quantitative estimate of drug-likeness (QED) is 0.744. The minimum atomic E-state index is -2.99. The summed E-state index contributed by atoms with van der Waals surface area (Å²) < 4.78 is 39.5. The number of nitrogens with two attached hydrogens (primary N) is 1. The summed E-state index contributed by atoms with van der Waals surface area (Å²) >= 11 is 0. The van der Waals surface area contributed by atoms with E-state index in [4.69, 9.17) is 5.73 Å². The molecule has 0 spiro atoms. The van der Waals surface area contributed by atoms with Gasteiger partial charge >= 0.3 is 6.61 Å². The van der Waals surface area contributed by atoms with Gasteiger partial charge in [0.15, 0.2) is 11.6 Å². The van der Waals surface area contributed by atoms with Crippen LogP contribution in [0.25, 0.3) is 0 Å². The van der Waals surface area contributed by atoms with Gasteiger partial charge in [-0.2, -0.15) is 8.78 Å². The lowest BCUT2D eigenvalue weighted by Gasteiger charge is -2.03. The Balaban J connectivity index is 2.82. The molecule has 0 aliphatic rings. The summed E-state index contributed by atoms with van der Waals surface area (Å²) in [6.45, 7) is -2.99. The number of nitrogen functional groups attached to an aromatic ring is 1. The smallest absolute Gasteiger partial charge is 0.387 e. The van der Waals surface area contributed by atoms with Crippen LogP contribution < -0.4 is 10.5 Å². The molecule has 0 aromatic carbocycles. The van der Waals surface area contributed by atoms with Crippen LogP contribution in [0.3, 0.4) is 0 Å². The van der Waals surface area contributed by atoms with E-state index in [1.165, 1.54) is 0 Å². The molecule has 3 nitrogen and oxygen atoms in total. The number of hydrogen-bond acceptors (Lipinski definition) is 3. The lowest BCUT2D eigenvalue weighted by molar-refractivity contribution is -0.0502. The van der Waals surface area contributed by atoms with Gasteiger partial charge in [0.2, 0.25) is 0 Å². The topological polar surface area (TPSA) is 48.1 Å². The fraction of sp³-hybridized carbons (Fsp3) is 0.167. The molecule has 0 saturated carbocycles. The van der Waals surface area contributed by atoms with Crippen LogP contribution >= 0.6 is 0 Å². The fourth-order valence-corrected chi connectivity index (χ4v) is 0.598. The maximum Gasteiger partial charge on any atom is 0.387 e. The van der Waals surface area contributed by atoms with E-state index >= 15 is 0 Å². The molecule has 1 aromatic rings. The van der Waals surface area contributed by atoms with Crippen molar-refractivity contribution in [2.75, 3.05) is 5.73 Å². The van der Waals surface area contributed by atoms with Crippen molar-refractivity contribution >= 4 is 5.82 Å². The molecule has 0 saturated heterocycles. The van der Waals surface area contributed by atoms with Crippen LogP contribution in [-0.4, -0.2) is 11.6 Å². The Bertz CT molecular complexity index is 279. The predicted octanol–water partition coefficient (Wildman–Crippen LogP) is 1.40. The molecule has 0 unspecified atom stereocenters. The molecule has 0 amide bonds. The molecule has 1 aromatic heterocycles. The number of pyridine rings is 1. The highest BCUT2D eigenvalue weighted by molar-refractivity contribution is 5.34. The normalized spacial score (nSPS) is 10.3. The number of ether oxygens (including phenoxy) is 1. The zero-order chi connectivity index (χ0) is 9.14. The third-order valence-electron chi connectivity index (χ3n) is 1.07. The largest absolute Gasteiger partial charge is 0.433 e. The second-order valence-corrected chi connectivity index (χ2v) is 1.92. The van der Waals surface area contributed by atoms with Gasteiger partial charge in [0.05, 0.1) is 6.20 Å². The maximum absolute atomic E-state index is 12.5.